The van der Waals surface area contributed by atoms with Gasteiger partial charge in [-0.3, -0.25) is 9.59 Å². The van der Waals surface area contributed by atoms with Gasteiger partial charge < -0.3 is 24.5 Å². The van der Waals surface area contributed by atoms with Gasteiger partial charge in [0, 0.05) is 23.6 Å². The van der Waals surface area contributed by atoms with Crippen LogP contribution >= 0.6 is 0 Å². The summed E-state index contributed by atoms with van der Waals surface area (Å²) >= 11 is 0. The van der Waals surface area contributed by atoms with E-state index in [1.54, 1.807) is 12.1 Å². The minimum absolute atomic E-state index is 0.143. The Morgan fingerprint density at radius 3 is 2.61 bits per heavy atom. The topological polar surface area (TPSA) is 89.7 Å². The Hall–Kier alpha value is -3.48. The molecule has 0 radical (unpaired) electrons. The van der Waals surface area contributed by atoms with Crippen molar-refractivity contribution in [3.05, 3.63) is 64.4 Å². The molecule has 144 valence electrons. The van der Waals surface area contributed by atoms with Crippen molar-refractivity contribution in [1.29, 1.82) is 0 Å². The maximum absolute atomic E-state index is 12.3. The van der Waals surface area contributed by atoms with Crippen LogP contribution in [0.25, 0.3) is 10.9 Å². The lowest BCUT2D eigenvalue weighted by Gasteiger charge is -2.18. The van der Waals surface area contributed by atoms with E-state index in [2.05, 4.69) is 10.3 Å². The fraction of sp³-hybridized carbons (Fsp3) is 0.238. The van der Waals surface area contributed by atoms with Gasteiger partial charge in [-0.05, 0) is 24.3 Å². The molecule has 2 N–H and O–H groups in total. The summed E-state index contributed by atoms with van der Waals surface area (Å²) < 4.78 is 16.6. The highest BCUT2D eigenvalue weighted by Crippen LogP contribution is 2.33. The van der Waals surface area contributed by atoms with Crippen molar-refractivity contribution >= 4 is 16.8 Å². The number of fused-ring (bicyclic) bond motifs is 2. The molecular weight excluding hydrogens is 360 g/mol. The highest BCUT2D eigenvalue weighted by Gasteiger charge is 2.14. The maximum Gasteiger partial charge on any atom is 0.253 e. The number of hydrogen-bond donors (Lipinski definition) is 2. The Morgan fingerprint density at radius 2 is 1.82 bits per heavy atom. The molecule has 0 unspecified atom stereocenters. The van der Waals surface area contributed by atoms with Crippen molar-refractivity contribution in [3.63, 3.8) is 0 Å². The number of H-pyrrole nitrogens is 1. The number of benzene rings is 2. The Morgan fingerprint density at radius 1 is 1.07 bits per heavy atom. The number of aromatic amines is 1. The molecule has 2 heterocycles. The minimum Gasteiger partial charge on any atom is -0.493 e. The highest BCUT2D eigenvalue weighted by atomic mass is 16.6. The van der Waals surface area contributed by atoms with E-state index in [0.29, 0.717) is 35.8 Å². The fourth-order valence-corrected chi connectivity index (χ4v) is 2.98. The predicted molar refractivity (Wildman–Crippen MR) is 104 cm³/mol. The number of carbonyl (C=O) groups is 1. The zero-order chi connectivity index (χ0) is 19.3. The monoisotopic (exact) mass is 380 g/mol. The van der Waals surface area contributed by atoms with Crippen LogP contribution in [0.5, 0.6) is 17.2 Å². The molecule has 0 fully saturated rings. The molecule has 2 aromatic carbocycles. The molecular formula is C21H20N2O5. The van der Waals surface area contributed by atoms with Gasteiger partial charge in [0.15, 0.2) is 11.5 Å². The van der Waals surface area contributed by atoms with Crippen molar-refractivity contribution in [2.24, 2.45) is 0 Å². The number of ether oxygens (including phenoxy) is 3. The van der Waals surface area contributed by atoms with E-state index in [0.717, 1.165) is 11.1 Å². The standard InChI is InChI=1S/C21H20N2O5/c24-20(6-7-26-16-4-2-1-3-5-16)22-13-15-10-14-11-18-19(28-9-8-27-18)12-17(14)23-21(15)25/h1-5,10-12H,6-9,13H2,(H,22,24)(H,23,25). The van der Waals surface area contributed by atoms with Crippen LogP contribution in [0.3, 0.4) is 0 Å². The largest absolute Gasteiger partial charge is 0.493 e. The molecule has 0 saturated heterocycles. The summed E-state index contributed by atoms with van der Waals surface area (Å²) in [5.41, 5.74) is 0.895. The van der Waals surface area contributed by atoms with Gasteiger partial charge in [-0.25, -0.2) is 0 Å². The van der Waals surface area contributed by atoms with Crippen molar-refractivity contribution in [1.82, 2.24) is 10.3 Å². The summed E-state index contributed by atoms with van der Waals surface area (Å²) in [6.07, 6.45) is 0.207. The quantitative estimate of drug-likeness (QED) is 0.685. The van der Waals surface area contributed by atoms with E-state index in [-0.39, 0.29) is 31.0 Å². The lowest BCUT2D eigenvalue weighted by atomic mass is 10.1. The summed E-state index contributed by atoms with van der Waals surface area (Å²) in [6.45, 7) is 1.40. The third-order valence-corrected chi connectivity index (χ3v) is 4.40. The van der Waals surface area contributed by atoms with E-state index in [1.165, 1.54) is 0 Å². The van der Waals surface area contributed by atoms with E-state index in [4.69, 9.17) is 14.2 Å². The lowest BCUT2D eigenvalue weighted by Crippen LogP contribution is -2.27. The summed E-state index contributed by atoms with van der Waals surface area (Å²) in [5.74, 6) is 1.81. The van der Waals surface area contributed by atoms with E-state index in [9.17, 15) is 9.59 Å². The molecule has 3 aromatic rings. The third kappa shape index (κ3) is 4.09. The van der Waals surface area contributed by atoms with Gasteiger partial charge in [-0.15, -0.1) is 0 Å². The SMILES string of the molecule is O=C(CCOc1ccccc1)NCc1cc2cc3c(cc2[nH]c1=O)OCCO3. The van der Waals surface area contributed by atoms with Crippen LogP contribution < -0.4 is 25.1 Å². The van der Waals surface area contributed by atoms with Crippen LogP contribution in [-0.2, 0) is 11.3 Å². The van der Waals surface area contributed by atoms with Crippen LogP contribution in [0, 0.1) is 0 Å². The molecule has 7 heteroatoms. The number of para-hydroxylation sites is 1. The average molecular weight is 380 g/mol. The number of aromatic nitrogens is 1. The first-order chi connectivity index (χ1) is 13.7. The molecule has 0 bridgehead atoms. The molecule has 0 saturated carbocycles. The maximum atomic E-state index is 12.3. The summed E-state index contributed by atoms with van der Waals surface area (Å²) in [6, 6.07) is 14.7. The molecule has 4 rings (SSSR count). The Balaban J connectivity index is 1.38. The number of nitrogens with one attached hydrogen (secondary N) is 2. The number of rotatable bonds is 6. The van der Waals surface area contributed by atoms with Gasteiger partial charge in [0.25, 0.3) is 5.56 Å². The second kappa shape index (κ2) is 8.04. The normalized spacial score (nSPS) is 12.6. The Kier molecular flexibility index (Phi) is 5.14. The molecule has 7 nitrogen and oxygen atoms in total. The van der Waals surface area contributed by atoms with Crippen LogP contribution in [-0.4, -0.2) is 30.7 Å². The van der Waals surface area contributed by atoms with E-state index in [1.807, 2.05) is 36.4 Å². The first-order valence-electron chi connectivity index (χ1n) is 9.09. The van der Waals surface area contributed by atoms with Crippen LogP contribution in [0.4, 0.5) is 0 Å². The van der Waals surface area contributed by atoms with E-state index >= 15 is 0 Å². The molecule has 0 spiro atoms. The van der Waals surface area contributed by atoms with Crippen molar-refractivity contribution in [2.45, 2.75) is 13.0 Å². The zero-order valence-electron chi connectivity index (χ0n) is 15.2. The number of amides is 1. The Labute approximate surface area is 161 Å². The van der Waals surface area contributed by atoms with Gasteiger partial charge in [0.05, 0.1) is 18.5 Å². The summed E-state index contributed by atoms with van der Waals surface area (Å²) in [4.78, 5) is 27.2. The van der Waals surface area contributed by atoms with Crippen molar-refractivity contribution < 1.29 is 19.0 Å². The Bertz CT molecular complexity index is 1050. The first-order valence-corrected chi connectivity index (χ1v) is 9.09. The van der Waals surface area contributed by atoms with Crippen LogP contribution in [0.15, 0.2) is 53.3 Å². The van der Waals surface area contributed by atoms with Gasteiger partial charge in [-0.2, -0.15) is 0 Å². The average Bonchev–Trinajstić information content (AvgIpc) is 2.71. The molecule has 1 amide bonds. The van der Waals surface area contributed by atoms with Gasteiger partial charge in [-0.1, -0.05) is 18.2 Å². The summed E-state index contributed by atoms with van der Waals surface area (Å²) in [5, 5.41) is 3.58. The second-order valence-electron chi connectivity index (χ2n) is 6.40. The van der Waals surface area contributed by atoms with E-state index < -0.39 is 0 Å². The summed E-state index contributed by atoms with van der Waals surface area (Å²) in [7, 11) is 0. The first kappa shape index (κ1) is 17.9. The predicted octanol–water partition coefficient (Wildman–Crippen LogP) is 2.38. The highest BCUT2D eigenvalue weighted by molar-refractivity contribution is 5.83. The molecule has 28 heavy (non-hydrogen) atoms. The molecule has 1 aliphatic rings. The van der Waals surface area contributed by atoms with Gasteiger partial charge in [0.2, 0.25) is 5.91 Å². The zero-order valence-corrected chi connectivity index (χ0v) is 15.2. The second-order valence-corrected chi connectivity index (χ2v) is 6.40. The molecule has 0 atom stereocenters. The lowest BCUT2D eigenvalue weighted by molar-refractivity contribution is -0.121. The molecule has 1 aromatic heterocycles. The number of hydrogen-bond acceptors (Lipinski definition) is 5. The van der Waals surface area contributed by atoms with Crippen molar-refractivity contribution in [3.8, 4) is 17.2 Å². The molecule has 0 aliphatic carbocycles. The van der Waals surface area contributed by atoms with Crippen LogP contribution in [0.1, 0.15) is 12.0 Å². The van der Waals surface area contributed by atoms with Crippen molar-refractivity contribution in [2.75, 3.05) is 19.8 Å². The number of pyridine rings is 1. The van der Waals surface area contributed by atoms with Gasteiger partial charge in [0.1, 0.15) is 19.0 Å². The van der Waals surface area contributed by atoms with Gasteiger partial charge >= 0.3 is 0 Å². The minimum atomic E-state index is -0.245. The van der Waals surface area contributed by atoms with Crippen LogP contribution in [0.2, 0.25) is 0 Å². The fourth-order valence-electron chi connectivity index (χ4n) is 2.98. The smallest absolute Gasteiger partial charge is 0.253 e. The number of carbonyl (C=O) groups excluding carboxylic acids is 1. The molecule has 1 aliphatic heterocycles. The third-order valence-electron chi connectivity index (χ3n) is 4.40.